The van der Waals surface area contributed by atoms with Crippen molar-refractivity contribution in [2.24, 2.45) is 5.73 Å². The maximum atomic E-state index is 6.14. The monoisotopic (exact) mass is 267 g/mol. The van der Waals surface area contributed by atoms with Gasteiger partial charge in [0.1, 0.15) is 12.4 Å². The highest BCUT2D eigenvalue weighted by atomic mass is 16.5. The number of hydrogen-bond donors (Lipinski definition) is 1. The van der Waals surface area contributed by atoms with Crippen LogP contribution in [0.3, 0.4) is 0 Å². The zero-order chi connectivity index (χ0) is 13.9. The SMILES string of the molecule is Cc1ccccc1COc1ccc2c(c1)CCCC2N. The van der Waals surface area contributed by atoms with E-state index in [-0.39, 0.29) is 6.04 Å². The first-order valence-corrected chi connectivity index (χ1v) is 7.30. The fourth-order valence-corrected chi connectivity index (χ4v) is 2.85. The van der Waals surface area contributed by atoms with Crippen LogP contribution in [0.25, 0.3) is 0 Å². The molecule has 0 fully saturated rings. The Morgan fingerprint density at radius 3 is 2.90 bits per heavy atom. The molecule has 1 atom stereocenters. The molecule has 0 aliphatic heterocycles. The molecule has 2 nitrogen and oxygen atoms in total. The first kappa shape index (κ1) is 13.2. The van der Waals surface area contributed by atoms with Crippen LogP contribution in [0, 0.1) is 6.92 Å². The van der Waals surface area contributed by atoms with Crippen LogP contribution in [-0.4, -0.2) is 0 Å². The standard InChI is InChI=1S/C18H21NO/c1-13-5-2-3-6-15(13)12-20-16-9-10-17-14(11-16)7-4-8-18(17)19/h2-3,5-6,9-11,18H,4,7-8,12,19H2,1H3. The number of rotatable bonds is 3. The molecule has 1 unspecified atom stereocenters. The van der Waals surface area contributed by atoms with Gasteiger partial charge in [0.2, 0.25) is 0 Å². The lowest BCUT2D eigenvalue weighted by Crippen LogP contribution is -2.17. The molecule has 2 heteroatoms. The molecule has 1 aliphatic rings. The van der Waals surface area contributed by atoms with Crippen LogP contribution in [0.4, 0.5) is 0 Å². The minimum atomic E-state index is 0.198. The van der Waals surface area contributed by atoms with E-state index in [1.165, 1.54) is 28.7 Å². The molecule has 2 aromatic rings. The van der Waals surface area contributed by atoms with E-state index < -0.39 is 0 Å². The van der Waals surface area contributed by atoms with E-state index in [0.29, 0.717) is 6.61 Å². The van der Waals surface area contributed by atoms with Gasteiger partial charge in [-0.05, 0) is 60.6 Å². The van der Waals surface area contributed by atoms with Crippen molar-refractivity contribution in [3.8, 4) is 5.75 Å². The van der Waals surface area contributed by atoms with Gasteiger partial charge >= 0.3 is 0 Å². The van der Waals surface area contributed by atoms with Gasteiger partial charge in [-0.25, -0.2) is 0 Å². The molecule has 3 rings (SSSR count). The Kier molecular flexibility index (Phi) is 3.75. The number of hydrogen-bond acceptors (Lipinski definition) is 2. The minimum Gasteiger partial charge on any atom is -0.489 e. The summed E-state index contributed by atoms with van der Waals surface area (Å²) >= 11 is 0. The number of benzene rings is 2. The van der Waals surface area contributed by atoms with Crippen molar-refractivity contribution >= 4 is 0 Å². The predicted octanol–water partition coefficient (Wildman–Crippen LogP) is 3.91. The highest BCUT2D eigenvalue weighted by molar-refractivity contribution is 5.39. The molecule has 0 saturated heterocycles. The zero-order valence-electron chi connectivity index (χ0n) is 11.9. The van der Waals surface area contributed by atoms with E-state index in [4.69, 9.17) is 10.5 Å². The molecule has 2 N–H and O–H groups in total. The predicted molar refractivity (Wildman–Crippen MR) is 81.8 cm³/mol. The van der Waals surface area contributed by atoms with Crippen LogP contribution < -0.4 is 10.5 Å². The van der Waals surface area contributed by atoms with Crippen LogP contribution in [0.15, 0.2) is 42.5 Å². The fourth-order valence-electron chi connectivity index (χ4n) is 2.85. The van der Waals surface area contributed by atoms with E-state index in [9.17, 15) is 0 Å². The summed E-state index contributed by atoms with van der Waals surface area (Å²) in [6.07, 6.45) is 3.39. The van der Waals surface area contributed by atoms with Gasteiger partial charge in [-0.2, -0.15) is 0 Å². The van der Waals surface area contributed by atoms with Gasteiger partial charge in [0, 0.05) is 6.04 Å². The number of aryl methyl sites for hydroxylation is 2. The van der Waals surface area contributed by atoms with Gasteiger partial charge in [0.15, 0.2) is 0 Å². The third-order valence-corrected chi connectivity index (χ3v) is 4.13. The lowest BCUT2D eigenvalue weighted by Gasteiger charge is -2.22. The van der Waals surface area contributed by atoms with Gasteiger partial charge < -0.3 is 10.5 Å². The summed E-state index contributed by atoms with van der Waals surface area (Å²) in [6.45, 7) is 2.74. The van der Waals surface area contributed by atoms with Crippen molar-refractivity contribution in [1.82, 2.24) is 0 Å². The average molecular weight is 267 g/mol. The lowest BCUT2D eigenvalue weighted by molar-refractivity contribution is 0.304. The second kappa shape index (κ2) is 5.68. The summed E-state index contributed by atoms with van der Waals surface area (Å²) in [4.78, 5) is 0. The number of nitrogens with two attached hydrogens (primary N) is 1. The van der Waals surface area contributed by atoms with Crippen LogP contribution in [-0.2, 0) is 13.0 Å². The number of fused-ring (bicyclic) bond motifs is 1. The van der Waals surface area contributed by atoms with Gasteiger partial charge in [-0.3, -0.25) is 0 Å². The second-order valence-electron chi connectivity index (χ2n) is 5.57. The lowest BCUT2D eigenvalue weighted by atomic mass is 9.88. The summed E-state index contributed by atoms with van der Waals surface area (Å²) in [6, 6.07) is 14.9. The summed E-state index contributed by atoms with van der Waals surface area (Å²) in [5.41, 5.74) is 11.3. The molecule has 0 bridgehead atoms. The molecule has 104 valence electrons. The molecule has 0 amide bonds. The van der Waals surface area contributed by atoms with Crippen LogP contribution >= 0.6 is 0 Å². The zero-order valence-corrected chi connectivity index (χ0v) is 11.9. The first-order valence-electron chi connectivity index (χ1n) is 7.30. The van der Waals surface area contributed by atoms with Gasteiger partial charge in [0.05, 0.1) is 0 Å². The third-order valence-electron chi connectivity index (χ3n) is 4.13. The van der Waals surface area contributed by atoms with Gasteiger partial charge in [-0.15, -0.1) is 0 Å². The van der Waals surface area contributed by atoms with Gasteiger partial charge in [0.25, 0.3) is 0 Å². The van der Waals surface area contributed by atoms with Crippen molar-refractivity contribution in [3.63, 3.8) is 0 Å². The summed E-state index contributed by atoms with van der Waals surface area (Å²) in [7, 11) is 0. The van der Waals surface area contributed by atoms with Crippen LogP contribution in [0.1, 0.15) is 41.1 Å². The van der Waals surface area contributed by atoms with Gasteiger partial charge in [-0.1, -0.05) is 30.3 Å². The smallest absolute Gasteiger partial charge is 0.120 e. The Hall–Kier alpha value is -1.80. The maximum absolute atomic E-state index is 6.14. The first-order chi connectivity index (χ1) is 9.74. The van der Waals surface area contributed by atoms with Crippen molar-refractivity contribution in [2.45, 2.75) is 38.8 Å². The van der Waals surface area contributed by atoms with Crippen LogP contribution in [0.2, 0.25) is 0 Å². The quantitative estimate of drug-likeness (QED) is 0.915. The molecule has 20 heavy (non-hydrogen) atoms. The third kappa shape index (κ3) is 2.70. The molecule has 1 aliphatic carbocycles. The average Bonchev–Trinajstić information content (AvgIpc) is 2.46. The Labute approximate surface area is 120 Å². The Balaban J connectivity index is 1.74. The summed E-state index contributed by atoms with van der Waals surface area (Å²) < 4.78 is 5.93. The number of ether oxygens (including phenoxy) is 1. The Morgan fingerprint density at radius 2 is 2.05 bits per heavy atom. The summed E-state index contributed by atoms with van der Waals surface area (Å²) in [5, 5.41) is 0. The van der Waals surface area contributed by atoms with Crippen molar-refractivity contribution in [3.05, 3.63) is 64.7 Å². The van der Waals surface area contributed by atoms with E-state index in [2.05, 4.69) is 43.3 Å². The van der Waals surface area contributed by atoms with Crippen molar-refractivity contribution in [1.29, 1.82) is 0 Å². The molecule has 0 aromatic heterocycles. The minimum absolute atomic E-state index is 0.198. The molecule has 0 radical (unpaired) electrons. The molecule has 2 aromatic carbocycles. The second-order valence-corrected chi connectivity index (χ2v) is 5.57. The Bertz CT molecular complexity index is 606. The topological polar surface area (TPSA) is 35.2 Å². The Morgan fingerprint density at radius 1 is 1.20 bits per heavy atom. The molecule has 0 saturated carbocycles. The fraction of sp³-hybridized carbons (Fsp3) is 0.333. The molecular formula is C18H21NO. The molecule has 0 heterocycles. The molecular weight excluding hydrogens is 246 g/mol. The largest absolute Gasteiger partial charge is 0.489 e. The highest BCUT2D eigenvalue weighted by Gasteiger charge is 2.16. The van der Waals surface area contributed by atoms with Crippen molar-refractivity contribution in [2.75, 3.05) is 0 Å². The summed E-state index contributed by atoms with van der Waals surface area (Å²) in [5.74, 6) is 0.945. The van der Waals surface area contributed by atoms with E-state index in [1.807, 2.05) is 6.07 Å². The normalized spacial score (nSPS) is 17.6. The van der Waals surface area contributed by atoms with Crippen LogP contribution in [0.5, 0.6) is 5.75 Å². The molecule has 0 spiro atoms. The highest BCUT2D eigenvalue weighted by Crippen LogP contribution is 2.30. The maximum Gasteiger partial charge on any atom is 0.120 e. The van der Waals surface area contributed by atoms with E-state index in [0.717, 1.165) is 18.6 Å². The van der Waals surface area contributed by atoms with E-state index in [1.54, 1.807) is 0 Å². The van der Waals surface area contributed by atoms with Crippen molar-refractivity contribution < 1.29 is 4.74 Å². The van der Waals surface area contributed by atoms with E-state index >= 15 is 0 Å².